The van der Waals surface area contributed by atoms with Crippen LogP contribution in [0.15, 0.2) is 12.1 Å². The molecule has 1 aromatic rings. The highest BCUT2D eigenvalue weighted by atomic mass is 16.5. The van der Waals surface area contributed by atoms with E-state index in [-0.39, 0.29) is 0 Å². The Labute approximate surface area is 127 Å². The maximum Gasteiger partial charge on any atom is 0.203 e. The molecule has 1 aromatic carbocycles. The van der Waals surface area contributed by atoms with Gasteiger partial charge in [-0.15, -0.1) is 0 Å². The van der Waals surface area contributed by atoms with E-state index >= 15 is 0 Å². The molecule has 1 aliphatic carbocycles. The average Bonchev–Trinajstić information content (AvgIpc) is 2.83. The minimum absolute atomic E-state index is 0.596. The fraction of sp³-hybridized carbons (Fsp3) is 0.647. The lowest BCUT2D eigenvalue weighted by Crippen LogP contribution is -2.31. The van der Waals surface area contributed by atoms with Crippen LogP contribution in [0.4, 0.5) is 0 Å². The molecule has 0 saturated heterocycles. The fourth-order valence-electron chi connectivity index (χ4n) is 3.14. The molecule has 118 valence electrons. The van der Waals surface area contributed by atoms with Crippen molar-refractivity contribution in [2.75, 3.05) is 21.3 Å². The van der Waals surface area contributed by atoms with Crippen LogP contribution in [0.1, 0.15) is 32.3 Å². The van der Waals surface area contributed by atoms with Gasteiger partial charge in [-0.05, 0) is 42.4 Å². The quantitative estimate of drug-likeness (QED) is 0.874. The van der Waals surface area contributed by atoms with Crippen molar-refractivity contribution in [3.63, 3.8) is 0 Å². The Bertz CT molecular complexity index is 450. The van der Waals surface area contributed by atoms with Gasteiger partial charge in [0.1, 0.15) is 0 Å². The highest BCUT2D eigenvalue weighted by molar-refractivity contribution is 5.53. The van der Waals surface area contributed by atoms with Crippen molar-refractivity contribution < 1.29 is 14.2 Å². The second-order valence-electron chi connectivity index (χ2n) is 5.93. The lowest BCUT2D eigenvalue weighted by Gasteiger charge is -2.20. The van der Waals surface area contributed by atoms with Crippen LogP contribution in [0.25, 0.3) is 0 Å². The number of hydrogen-bond acceptors (Lipinski definition) is 4. The van der Waals surface area contributed by atoms with E-state index < -0.39 is 0 Å². The lowest BCUT2D eigenvalue weighted by molar-refractivity contribution is 0.323. The molecule has 0 aromatic heterocycles. The van der Waals surface area contributed by atoms with Crippen molar-refractivity contribution in [2.45, 2.75) is 39.3 Å². The summed E-state index contributed by atoms with van der Waals surface area (Å²) in [5.74, 6) is 3.60. The summed E-state index contributed by atoms with van der Waals surface area (Å²) >= 11 is 0. The zero-order chi connectivity index (χ0) is 15.4. The fourth-order valence-corrected chi connectivity index (χ4v) is 3.14. The Morgan fingerprint density at radius 2 is 1.62 bits per heavy atom. The summed E-state index contributed by atoms with van der Waals surface area (Å²) in [6.45, 7) is 5.49. The molecule has 21 heavy (non-hydrogen) atoms. The maximum atomic E-state index is 5.40. The van der Waals surface area contributed by atoms with Gasteiger partial charge in [0.05, 0.1) is 21.3 Å². The van der Waals surface area contributed by atoms with E-state index in [1.54, 1.807) is 21.3 Å². The van der Waals surface area contributed by atoms with Gasteiger partial charge in [0.2, 0.25) is 5.75 Å². The molecule has 1 fully saturated rings. The molecule has 3 unspecified atom stereocenters. The van der Waals surface area contributed by atoms with Gasteiger partial charge in [0.15, 0.2) is 11.5 Å². The molecule has 0 spiro atoms. The third kappa shape index (κ3) is 3.43. The first-order valence-electron chi connectivity index (χ1n) is 7.63. The van der Waals surface area contributed by atoms with Crippen LogP contribution in [0, 0.1) is 11.8 Å². The zero-order valence-corrected chi connectivity index (χ0v) is 13.7. The van der Waals surface area contributed by atoms with Crippen molar-refractivity contribution in [1.82, 2.24) is 5.32 Å². The highest BCUT2D eigenvalue weighted by Gasteiger charge is 2.29. The van der Waals surface area contributed by atoms with Crippen molar-refractivity contribution in [1.29, 1.82) is 0 Å². The summed E-state index contributed by atoms with van der Waals surface area (Å²) in [4.78, 5) is 0. The first-order chi connectivity index (χ1) is 10.1. The lowest BCUT2D eigenvalue weighted by atomic mass is 9.97. The Balaban J connectivity index is 2.10. The van der Waals surface area contributed by atoms with Gasteiger partial charge >= 0.3 is 0 Å². The molecule has 3 atom stereocenters. The number of benzene rings is 1. The maximum absolute atomic E-state index is 5.40. The summed E-state index contributed by atoms with van der Waals surface area (Å²) in [5.41, 5.74) is 1.15. The molecule has 0 heterocycles. The molecular weight excluding hydrogens is 266 g/mol. The zero-order valence-electron chi connectivity index (χ0n) is 13.7. The van der Waals surface area contributed by atoms with E-state index in [9.17, 15) is 0 Å². The van der Waals surface area contributed by atoms with E-state index in [0.717, 1.165) is 23.9 Å². The number of rotatable bonds is 6. The van der Waals surface area contributed by atoms with Crippen molar-refractivity contribution in [3.8, 4) is 17.2 Å². The average molecular weight is 293 g/mol. The Hall–Kier alpha value is -1.42. The number of methoxy groups -OCH3 is 3. The van der Waals surface area contributed by atoms with Crippen LogP contribution >= 0.6 is 0 Å². The number of nitrogens with one attached hydrogen (secondary N) is 1. The third-order valence-electron chi connectivity index (χ3n) is 4.76. The summed E-state index contributed by atoms with van der Waals surface area (Å²) in [7, 11) is 4.92. The smallest absolute Gasteiger partial charge is 0.203 e. The van der Waals surface area contributed by atoms with Gasteiger partial charge in [-0.2, -0.15) is 0 Å². The van der Waals surface area contributed by atoms with Gasteiger partial charge in [-0.25, -0.2) is 0 Å². The standard InChI is InChI=1S/C17H27NO3/c1-11-6-7-14(12(11)2)18-10-13-8-15(19-3)17(21-5)16(9-13)20-4/h8-9,11-12,14,18H,6-7,10H2,1-5H3. The summed E-state index contributed by atoms with van der Waals surface area (Å²) in [6, 6.07) is 4.62. The normalized spacial score (nSPS) is 24.9. The first kappa shape index (κ1) is 16.0. The van der Waals surface area contributed by atoms with E-state index in [1.807, 2.05) is 12.1 Å². The second kappa shape index (κ2) is 7.03. The van der Waals surface area contributed by atoms with Crippen molar-refractivity contribution in [3.05, 3.63) is 17.7 Å². The van der Waals surface area contributed by atoms with Crippen LogP contribution in [0.5, 0.6) is 17.2 Å². The van der Waals surface area contributed by atoms with Crippen molar-refractivity contribution in [2.24, 2.45) is 11.8 Å². The molecule has 0 amide bonds. The van der Waals surface area contributed by atoms with Gasteiger partial charge in [-0.1, -0.05) is 13.8 Å². The second-order valence-corrected chi connectivity index (χ2v) is 5.93. The molecule has 1 aliphatic rings. The van der Waals surface area contributed by atoms with E-state index in [2.05, 4.69) is 19.2 Å². The highest BCUT2D eigenvalue weighted by Crippen LogP contribution is 2.38. The van der Waals surface area contributed by atoms with Crippen LogP contribution < -0.4 is 19.5 Å². The molecule has 4 heteroatoms. The Kier molecular flexibility index (Phi) is 5.34. The molecule has 2 rings (SSSR count). The summed E-state index contributed by atoms with van der Waals surface area (Å²) in [5, 5.41) is 3.67. The minimum atomic E-state index is 0.596. The van der Waals surface area contributed by atoms with E-state index in [1.165, 1.54) is 12.8 Å². The van der Waals surface area contributed by atoms with Gasteiger partial charge < -0.3 is 19.5 Å². The SMILES string of the molecule is COc1cc(CNC2CCC(C)C2C)cc(OC)c1OC. The largest absolute Gasteiger partial charge is 0.493 e. The first-order valence-corrected chi connectivity index (χ1v) is 7.63. The Morgan fingerprint density at radius 1 is 1.00 bits per heavy atom. The van der Waals surface area contributed by atoms with Crippen molar-refractivity contribution >= 4 is 0 Å². The van der Waals surface area contributed by atoms with Crippen LogP contribution in [0.2, 0.25) is 0 Å². The Morgan fingerprint density at radius 3 is 2.05 bits per heavy atom. The molecule has 0 bridgehead atoms. The molecule has 1 N–H and O–H groups in total. The third-order valence-corrected chi connectivity index (χ3v) is 4.76. The summed E-state index contributed by atoms with van der Waals surface area (Å²) < 4.78 is 16.1. The molecule has 0 aliphatic heterocycles. The predicted molar refractivity (Wildman–Crippen MR) is 84.3 cm³/mol. The van der Waals surface area contributed by atoms with Gasteiger partial charge in [0.25, 0.3) is 0 Å². The van der Waals surface area contributed by atoms with Crippen LogP contribution in [0.3, 0.4) is 0 Å². The monoisotopic (exact) mass is 293 g/mol. The van der Waals surface area contributed by atoms with Gasteiger partial charge in [-0.3, -0.25) is 0 Å². The topological polar surface area (TPSA) is 39.7 Å². The summed E-state index contributed by atoms with van der Waals surface area (Å²) in [6.07, 6.45) is 2.57. The molecular formula is C17H27NO3. The van der Waals surface area contributed by atoms with Crippen LogP contribution in [-0.4, -0.2) is 27.4 Å². The molecule has 4 nitrogen and oxygen atoms in total. The molecule has 0 radical (unpaired) electrons. The minimum Gasteiger partial charge on any atom is -0.493 e. The molecule has 1 saturated carbocycles. The van der Waals surface area contributed by atoms with E-state index in [0.29, 0.717) is 23.3 Å². The van der Waals surface area contributed by atoms with E-state index in [4.69, 9.17) is 14.2 Å². The predicted octanol–water partition coefficient (Wildman–Crippen LogP) is 3.24. The number of ether oxygens (including phenoxy) is 3. The van der Waals surface area contributed by atoms with Crippen LogP contribution in [-0.2, 0) is 6.54 Å². The number of hydrogen-bond donors (Lipinski definition) is 1. The van der Waals surface area contributed by atoms with Gasteiger partial charge in [0, 0.05) is 12.6 Å².